The number of carbonyl (C=O) groups is 2. The highest BCUT2D eigenvalue weighted by Gasteiger charge is 2.29. The summed E-state index contributed by atoms with van der Waals surface area (Å²) in [5.74, 6) is 0.00104. The molecule has 172 valence electrons. The van der Waals surface area contributed by atoms with E-state index in [-0.39, 0.29) is 22.8 Å². The fourth-order valence-electron chi connectivity index (χ4n) is 4.07. The predicted molar refractivity (Wildman–Crippen MR) is 119 cm³/mol. The molecule has 0 unspecified atom stereocenters. The van der Waals surface area contributed by atoms with Crippen molar-refractivity contribution in [2.45, 2.75) is 30.7 Å². The molecule has 2 saturated heterocycles. The number of carbonyl (C=O) groups excluding carboxylic acids is 2. The van der Waals surface area contributed by atoms with Crippen molar-refractivity contribution in [1.82, 2.24) is 14.1 Å². The zero-order chi connectivity index (χ0) is 22.7. The molecule has 2 amide bonds. The van der Waals surface area contributed by atoms with Gasteiger partial charge in [0, 0.05) is 45.0 Å². The molecule has 10 heteroatoms. The van der Waals surface area contributed by atoms with Crippen molar-refractivity contribution < 1.29 is 22.4 Å². The van der Waals surface area contributed by atoms with Crippen molar-refractivity contribution in [2.75, 3.05) is 44.6 Å². The molecule has 0 radical (unpaired) electrons. The topological polar surface area (TPSA) is 103 Å². The Kier molecular flexibility index (Phi) is 6.63. The lowest BCUT2D eigenvalue weighted by molar-refractivity contribution is -0.121. The second-order valence-corrected chi connectivity index (χ2v) is 10.0. The highest BCUT2D eigenvalue weighted by Crippen LogP contribution is 2.22. The Morgan fingerprint density at radius 2 is 1.62 bits per heavy atom. The minimum absolute atomic E-state index is 0.143. The highest BCUT2D eigenvalue weighted by molar-refractivity contribution is 7.89. The SMILES string of the molecule is C[C@@H](C(=O)Nc1ccc(S(=O)(=O)N2CCCC2)cc1)N1CCN(C(=O)c2ccco2)CC1. The zero-order valence-corrected chi connectivity index (χ0v) is 18.9. The standard InChI is InChI=1S/C22H28N4O5S/c1-17(24-12-14-25(15-13-24)22(28)20-5-4-16-31-20)21(27)23-18-6-8-19(9-7-18)32(29,30)26-10-2-3-11-26/h4-9,16-17H,2-3,10-15H2,1H3,(H,23,27)/t17-/m0/s1. The van der Waals surface area contributed by atoms with E-state index in [4.69, 9.17) is 4.42 Å². The van der Waals surface area contributed by atoms with Gasteiger partial charge in [0.05, 0.1) is 17.2 Å². The van der Waals surface area contributed by atoms with Crippen molar-refractivity contribution in [3.05, 3.63) is 48.4 Å². The molecule has 0 spiro atoms. The van der Waals surface area contributed by atoms with E-state index in [1.807, 2.05) is 11.8 Å². The van der Waals surface area contributed by atoms with Gasteiger partial charge in [-0.1, -0.05) is 0 Å². The molecule has 1 aromatic heterocycles. The summed E-state index contributed by atoms with van der Waals surface area (Å²) < 4.78 is 31.9. The number of anilines is 1. The van der Waals surface area contributed by atoms with Crippen LogP contribution in [-0.2, 0) is 14.8 Å². The average molecular weight is 461 g/mol. The Bertz CT molecular complexity index is 1040. The number of nitrogens with zero attached hydrogens (tertiary/aromatic N) is 3. The van der Waals surface area contributed by atoms with Crippen molar-refractivity contribution in [3.63, 3.8) is 0 Å². The van der Waals surface area contributed by atoms with Crippen LogP contribution in [0.1, 0.15) is 30.3 Å². The van der Waals surface area contributed by atoms with Gasteiger partial charge in [-0.3, -0.25) is 14.5 Å². The van der Waals surface area contributed by atoms with Crippen molar-refractivity contribution in [3.8, 4) is 0 Å². The Hall–Kier alpha value is -2.69. The molecule has 2 fully saturated rings. The second-order valence-electron chi connectivity index (χ2n) is 8.11. The van der Waals surface area contributed by atoms with Crippen LogP contribution in [-0.4, -0.2) is 79.6 Å². The number of amides is 2. The number of benzene rings is 1. The Balaban J connectivity index is 1.30. The van der Waals surface area contributed by atoms with E-state index in [9.17, 15) is 18.0 Å². The monoisotopic (exact) mass is 460 g/mol. The van der Waals surface area contributed by atoms with Gasteiger partial charge in [0.25, 0.3) is 5.91 Å². The van der Waals surface area contributed by atoms with E-state index in [0.29, 0.717) is 50.7 Å². The second kappa shape index (κ2) is 9.43. The molecular weight excluding hydrogens is 432 g/mol. The van der Waals surface area contributed by atoms with Crippen LogP contribution in [0.25, 0.3) is 0 Å². The van der Waals surface area contributed by atoms with Crippen molar-refractivity contribution in [1.29, 1.82) is 0 Å². The molecule has 9 nitrogen and oxygen atoms in total. The summed E-state index contributed by atoms with van der Waals surface area (Å²) in [4.78, 5) is 29.1. The fourth-order valence-corrected chi connectivity index (χ4v) is 5.59. The van der Waals surface area contributed by atoms with Crippen LogP contribution < -0.4 is 5.32 Å². The molecule has 0 bridgehead atoms. The lowest BCUT2D eigenvalue weighted by Crippen LogP contribution is -2.54. The smallest absolute Gasteiger partial charge is 0.289 e. The molecule has 2 aliphatic heterocycles. The van der Waals surface area contributed by atoms with Gasteiger partial charge in [-0.05, 0) is 56.2 Å². The number of sulfonamides is 1. The van der Waals surface area contributed by atoms with Crippen LogP contribution in [0.15, 0.2) is 52.0 Å². The van der Waals surface area contributed by atoms with E-state index in [2.05, 4.69) is 5.32 Å². The Morgan fingerprint density at radius 1 is 0.969 bits per heavy atom. The molecule has 0 saturated carbocycles. The summed E-state index contributed by atoms with van der Waals surface area (Å²) in [5.41, 5.74) is 0.550. The summed E-state index contributed by atoms with van der Waals surface area (Å²) in [5, 5.41) is 2.86. The number of piperazine rings is 1. The first kappa shape index (κ1) is 22.5. The van der Waals surface area contributed by atoms with Crippen LogP contribution in [0.5, 0.6) is 0 Å². The summed E-state index contributed by atoms with van der Waals surface area (Å²) in [6.07, 6.45) is 3.25. The van der Waals surface area contributed by atoms with Crippen LogP contribution in [0.2, 0.25) is 0 Å². The van der Waals surface area contributed by atoms with E-state index in [1.54, 1.807) is 29.2 Å². The third-order valence-electron chi connectivity index (χ3n) is 6.09. The summed E-state index contributed by atoms with van der Waals surface area (Å²) in [7, 11) is -3.47. The van der Waals surface area contributed by atoms with Gasteiger partial charge in [-0.15, -0.1) is 0 Å². The molecule has 2 aromatic rings. The minimum atomic E-state index is -3.47. The number of rotatable bonds is 6. The maximum absolute atomic E-state index is 12.7. The summed E-state index contributed by atoms with van der Waals surface area (Å²) in [6.45, 7) is 5.12. The molecular formula is C22H28N4O5S. The van der Waals surface area contributed by atoms with Gasteiger partial charge in [-0.2, -0.15) is 4.31 Å². The van der Waals surface area contributed by atoms with Gasteiger partial charge in [0.1, 0.15) is 0 Å². The van der Waals surface area contributed by atoms with Crippen LogP contribution in [0, 0.1) is 0 Å². The van der Waals surface area contributed by atoms with Crippen LogP contribution >= 0.6 is 0 Å². The molecule has 4 rings (SSSR count). The first-order valence-electron chi connectivity index (χ1n) is 10.8. The zero-order valence-electron chi connectivity index (χ0n) is 18.1. The molecule has 1 N–H and O–H groups in total. The fraction of sp³-hybridized carbons (Fsp3) is 0.455. The predicted octanol–water partition coefficient (Wildman–Crippen LogP) is 1.85. The van der Waals surface area contributed by atoms with Gasteiger partial charge in [0.2, 0.25) is 15.9 Å². The lowest BCUT2D eigenvalue weighted by Gasteiger charge is -2.37. The largest absolute Gasteiger partial charge is 0.459 e. The summed E-state index contributed by atoms with van der Waals surface area (Å²) >= 11 is 0. The van der Waals surface area contributed by atoms with Gasteiger partial charge < -0.3 is 14.6 Å². The van der Waals surface area contributed by atoms with Gasteiger partial charge in [-0.25, -0.2) is 8.42 Å². The van der Waals surface area contributed by atoms with E-state index < -0.39 is 10.0 Å². The maximum Gasteiger partial charge on any atom is 0.289 e. The van der Waals surface area contributed by atoms with Crippen molar-refractivity contribution in [2.24, 2.45) is 0 Å². The minimum Gasteiger partial charge on any atom is -0.459 e. The maximum atomic E-state index is 12.7. The first-order chi connectivity index (χ1) is 15.4. The van der Waals surface area contributed by atoms with Crippen molar-refractivity contribution >= 4 is 27.5 Å². The quantitative estimate of drug-likeness (QED) is 0.706. The van der Waals surface area contributed by atoms with Gasteiger partial charge >= 0.3 is 0 Å². The van der Waals surface area contributed by atoms with Gasteiger partial charge in [0.15, 0.2) is 5.76 Å². The number of nitrogens with one attached hydrogen (secondary N) is 1. The molecule has 2 aliphatic rings. The molecule has 0 aliphatic carbocycles. The summed E-state index contributed by atoms with van der Waals surface area (Å²) in [6, 6.07) is 9.25. The molecule has 1 aromatic carbocycles. The first-order valence-corrected chi connectivity index (χ1v) is 12.3. The number of hydrogen-bond acceptors (Lipinski definition) is 6. The van der Waals surface area contributed by atoms with Crippen LogP contribution in [0.4, 0.5) is 5.69 Å². The van der Waals surface area contributed by atoms with Crippen LogP contribution in [0.3, 0.4) is 0 Å². The molecule has 3 heterocycles. The Morgan fingerprint density at radius 3 is 2.22 bits per heavy atom. The number of hydrogen-bond donors (Lipinski definition) is 1. The highest BCUT2D eigenvalue weighted by atomic mass is 32.2. The third-order valence-corrected chi connectivity index (χ3v) is 8.00. The Labute approximate surface area is 188 Å². The normalized spacial score (nSPS) is 19.1. The molecule has 1 atom stereocenters. The van der Waals surface area contributed by atoms with E-state index in [1.165, 1.54) is 22.7 Å². The van der Waals surface area contributed by atoms with E-state index >= 15 is 0 Å². The average Bonchev–Trinajstić information content (AvgIpc) is 3.53. The van der Waals surface area contributed by atoms with E-state index in [0.717, 1.165) is 12.8 Å². The third kappa shape index (κ3) is 4.72. The lowest BCUT2D eigenvalue weighted by atomic mass is 10.2. The number of furan rings is 1. The molecule has 32 heavy (non-hydrogen) atoms.